The lowest BCUT2D eigenvalue weighted by atomic mass is 10.1. The molecule has 2 rings (SSSR count). The van der Waals surface area contributed by atoms with Crippen LogP contribution in [0.2, 0.25) is 0 Å². The van der Waals surface area contributed by atoms with Crippen LogP contribution in [-0.2, 0) is 6.42 Å². The number of nitrogens with one attached hydrogen (secondary N) is 2. The molecule has 0 radical (unpaired) electrons. The summed E-state index contributed by atoms with van der Waals surface area (Å²) < 4.78 is 12.8. The van der Waals surface area contributed by atoms with Crippen LogP contribution >= 0.6 is 0 Å². The molecule has 0 saturated heterocycles. The number of halogens is 1. The van der Waals surface area contributed by atoms with E-state index in [1.54, 1.807) is 24.4 Å². The third-order valence-corrected chi connectivity index (χ3v) is 3.47. The maximum absolute atomic E-state index is 12.8. The van der Waals surface area contributed by atoms with Gasteiger partial charge in [-0.15, -0.1) is 0 Å². The molecule has 122 valence electrons. The van der Waals surface area contributed by atoms with Crippen LogP contribution in [0.25, 0.3) is 0 Å². The number of aromatic nitrogens is 1. The molecule has 4 nitrogen and oxygen atoms in total. The summed E-state index contributed by atoms with van der Waals surface area (Å²) in [7, 11) is 0. The number of amides is 1. The molecular formula is C18H22FN3O. The van der Waals surface area contributed by atoms with Crippen LogP contribution in [0, 0.1) is 5.82 Å². The molecule has 2 aromatic rings. The minimum Gasteiger partial charge on any atom is -0.384 e. The van der Waals surface area contributed by atoms with Gasteiger partial charge in [0.2, 0.25) is 0 Å². The van der Waals surface area contributed by atoms with Crippen LogP contribution in [0.5, 0.6) is 0 Å². The van der Waals surface area contributed by atoms with Crippen LogP contribution in [0.1, 0.15) is 35.8 Å². The molecule has 23 heavy (non-hydrogen) atoms. The minimum absolute atomic E-state index is 0.202. The molecule has 2 N–H and O–H groups in total. The van der Waals surface area contributed by atoms with E-state index < -0.39 is 0 Å². The van der Waals surface area contributed by atoms with Crippen molar-refractivity contribution in [3.05, 3.63) is 59.7 Å². The summed E-state index contributed by atoms with van der Waals surface area (Å²) in [5, 5.41) is 6.07. The number of anilines is 1. The van der Waals surface area contributed by atoms with E-state index in [2.05, 4.69) is 22.5 Å². The largest absolute Gasteiger partial charge is 0.384 e. The molecule has 0 bridgehead atoms. The molecule has 0 atom stereocenters. The summed E-state index contributed by atoms with van der Waals surface area (Å²) in [5.74, 6) is -0.457. The van der Waals surface area contributed by atoms with Crippen molar-refractivity contribution in [1.82, 2.24) is 10.3 Å². The number of carbonyl (C=O) groups excluding carboxylic acids is 1. The van der Waals surface area contributed by atoms with E-state index in [0.717, 1.165) is 30.6 Å². The van der Waals surface area contributed by atoms with Gasteiger partial charge in [-0.2, -0.15) is 0 Å². The van der Waals surface area contributed by atoms with Gasteiger partial charge in [0.1, 0.15) is 11.5 Å². The van der Waals surface area contributed by atoms with Crippen molar-refractivity contribution < 1.29 is 9.18 Å². The van der Waals surface area contributed by atoms with Crippen LogP contribution in [0.15, 0.2) is 42.6 Å². The van der Waals surface area contributed by atoms with E-state index in [1.807, 2.05) is 6.07 Å². The third kappa shape index (κ3) is 5.70. The second-order valence-corrected chi connectivity index (χ2v) is 5.34. The highest BCUT2D eigenvalue weighted by molar-refractivity contribution is 5.92. The molecular weight excluding hydrogens is 293 g/mol. The third-order valence-electron chi connectivity index (χ3n) is 3.47. The summed E-state index contributed by atoms with van der Waals surface area (Å²) in [4.78, 5) is 16.2. The highest BCUT2D eigenvalue weighted by Gasteiger charge is 2.06. The first kappa shape index (κ1) is 16.9. The van der Waals surface area contributed by atoms with Crippen molar-refractivity contribution in [2.75, 3.05) is 18.4 Å². The summed E-state index contributed by atoms with van der Waals surface area (Å²) >= 11 is 0. The quantitative estimate of drug-likeness (QED) is 0.734. The van der Waals surface area contributed by atoms with Gasteiger partial charge in [-0.1, -0.05) is 25.5 Å². The Morgan fingerprint density at radius 2 is 1.91 bits per heavy atom. The second-order valence-electron chi connectivity index (χ2n) is 5.34. The Hall–Kier alpha value is -2.43. The van der Waals surface area contributed by atoms with Gasteiger partial charge in [0.05, 0.1) is 11.9 Å². The van der Waals surface area contributed by atoms with Crippen LogP contribution in [0.4, 0.5) is 10.1 Å². The highest BCUT2D eigenvalue weighted by Crippen LogP contribution is 2.07. The maximum Gasteiger partial charge on any atom is 0.269 e. The number of hydrogen-bond donors (Lipinski definition) is 2. The standard InChI is InChI=1S/C18H22FN3O/c1-2-3-11-20-16-8-9-17(22-13-16)18(23)21-12-10-14-4-6-15(19)7-5-14/h4-9,13,20H,2-3,10-12H2,1H3,(H,21,23). The zero-order valence-corrected chi connectivity index (χ0v) is 13.3. The Balaban J connectivity index is 1.77. The topological polar surface area (TPSA) is 54.0 Å². The Morgan fingerprint density at radius 3 is 2.57 bits per heavy atom. The molecule has 0 unspecified atom stereocenters. The highest BCUT2D eigenvalue weighted by atomic mass is 19.1. The van der Waals surface area contributed by atoms with E-state index in [0.29, 0.717) is 18.7 Å². The Labute approximate surface area is 136 Å². The average molecular weight is 315 g/mol. The smallest absolute Gasteiger partial charge is 0.269 e. The van der Waals surface area contributed by atoms with Crippen LogP contribution in [0.3, 0.4) is 0 Å². The van der Waals surface area contributed by atoms with E-state index in [-0.39, 0.29) is 11.7 Å². The molecule has 1 aromatic carbocycles. The number of rotatable bonds is 8. The number of hydrogen-bond acceptors (Lipinski definition) is 3. The minimum atomic E-state index is -0.255. The first-order valence-corrected chi connectivity index (χ1v) is 7.91. The number of benzene rings is 1. The van der Waals surface area contributed by atoms with E-state index >= 15 is 0 Å². The number of pyridine rings is 1. The van der Waals surface area contributed by atoms with Gasteiger partial charge in [-0.25, -0.2) is 9.37 Å². The average Bonchev–Trinajstić information content (AvgIpc) is 2.57. The Kier molecular flexibility index (Phi) is 6.54. The summed E-state index contributed by atoms with van der Waals surface area (Å²) in [6, 6.07) is 9.85. The molecule has 1 heterocycles. The molecule has 0 aliphatic heterocycles. The fraction of sp³-hybridized carbons (Fsp3) is 0.333. The first-order valence-electron chi connectivity index (χ1n) is 7.91. The van der Waals surface area contributed by atoms with Gasteiger partial charge < -0.3 is 10.6 Å². The Bertz CT molecular complexity index is 611. The monoisotopic (exact) mass is 315 g/mol. The van der Waals surface area contributed by atoms with E-state index in [9.17, 15) is 9.18 Å². The second kappa shape index (κ2) is 8.88. The van der Waals surface area contributed by atoms with Gasteiger partial charge in [-0.3, -0.25) is 4.79 Å². The normalized spacial score (nSPS) is 10.3. The van der Waals surface area contributed by atoms with Gasteiger partial charge in [0.15, 0.2) is 0 Å². The van der Waals surface area contributed by atoms with Crippen molar-refractivity contribution in [3.63, 3.8) is 0 Å². The lowest BCUT2D eigenvalue weighted by Crippen LogP contribution is -2.26. The zero-order chi connectivity index (χ0) is 16.5. The molecule has 5 heteroatoms. The van der Waals surface area contributed by atoms with Gasteiger partial charge in [0.25, 0.3) is 5.91 Å². The van der Waals surface area contributed by atoms with E-state index in [1.165, 1.54) is 12.1 Å². The van der Waals surface area contributed by atoms with Crippen LogP contribution in [-0.4, -0.2) is 24.0 Å². The molecule has 0 spiro atoms. The maximum atomic E-state index is 12.8. The SMILES string of the molecule is CCCCNc1ccc(C(=O)NCCc2ccc(F)cc2)nc1. The molecule has 1 amide bonds. The predicted molar refractivity (Wildman–Crippen MR) is 90.1 cm³/mol. The van der Waals surface area contributed by atoms with Crippen molar-refractivity contribution in [2.45, 2.75) is 26.2 Å². The Morgan fingerprint density at radius 1 is 1.13 bits per heavy atom. The van der Waals surface area contributed by atoms with Crippen molar-refractivity contribution >= 4 is 11.6 Å². The van der Waals surface area contributed by atoms with E-state index in [4.69, 9.17) is 0 Å². The molecule has 0 aliphatic carbocycles. The predicted octanol–water partition coefficient (Wildman–Crippen LogP) is 3.41. The zero-order valence-electron chi connectivity index (χ0n) is 13.3. The van der Waals surface area contributed by atoms with Crippen molar-refractivity contribution in [2.24, 2.45) is 0 Å². The lowest BCUT2D eigenvalue weighted by Gasteiger charge is -2.07. The fourth-order valence-corrected chi connectivity index (χ4v) is 2.10. The molecule has 0 aliphatic rings. The van der Waals surface area contributed by atoms with Crippen LogP contribution < -0.4 is 10.6 Å². The van der Waals surface area contributed by atoms with Crippen molar-refractivity contribution in [1.29, 1.82) is 0 Å². The van der Waals surface area contributed by atoms with Gasteiger partial charge >= 0.3 is 0 Å². The summed E-state index contributed by atoms with van der Waals surface area (Å²) in [6.07, 6.45) is 4.56. The number of nitrogens with zero attached hydrogens (tertiary/aromatic N) is 1. The van der Waals surface area contributed by atoms with Crippen molar-refractivity contribution in [3.8, 4) is 0 Å². The molecule has 0 fully saturated rings. The summed E-state index contributed by atoms with van der Waals surface area (Å²) in [5.41, 5.74) is 2.29. The fourth-order valence-electron chi connectivity index (χ4n) is 2.10. The number of carbonyl (C=O) groups is 1. The summed E-state index contributed by atoms with van der Waals surface area (Å²) in [6.45, 7) is 3.53. The number of unbranched alkanes of at least 4 members (excludes halogenated alkanes) is 1. The lowest BCUT2D eigenvalue weighted by molar-refractivity contribution is 0.0949. The molecule has 1 aromatic heterocycles. The molecule has 0 saturated carbocycles. The van der Waals surface area contributed by atoms with Gasteiger partial charge in [-0.05, 0) is 42.7 Å². The van der Waals surface area contributed by atoms with Gasteiger partial charge in [0, 0.05) is 13.1 Å². The first-order chi connectivity index (χ1) is 11.2.